The summed E-state index contributed by atoms with van der Waals surface area (Å²) in [6.07, 6.45) is 2.60. The molecule has 0 unspecified atom stereocenters. The Balaban J connectivity index is 1.87. The minimum absolute atomic E-state index is 0.0162. The molecule has 0 atom stereocenters. The van der Waals surface area contributed by atoms with Gasteiger partial charge in [0.1, 0.15) is 22.3 Å². The van der Waals surface area contributed by atoms with Gasteiger partial charge in [-0.15, -0.1) is 0 Å². The number of piperidine rings is 1. The van der Waals surface area contributed by atoms with Gasteiger partial charge in [0, 0.05) is 25.2 Å². The van der Waals surface area contributed by atoms with E-state index in [1.807, 2.05) is 0 Å². The number of benzene rings is 2. The van der Waals surface area contributed by atoms with Crippen LogP contribution in [0, 0.1) is 11.6 Å². The third kappa shape index (κ3) is 5.01. The number of nitrogens with zero attached hydrogens (tertiary/aromatic N) is 1. The summed E-state index contributed by atoms with van der Waals surface area (Å²) >= 11 is 5.19. The van der Waals surface area contributed by atoms with Crippen LogP contribution in [0.4, 0.5) is 20.2 Å². The molecule has 0 spiro atoms. The molecule has 0 radical (unpaired) electrons. The molecular formula is C19H21F2N3O3S2. The highest BCUT2D eigenvalue weighted by Gasteiger charge is 2.29. The summed E-state index contributed by atoms with van der Waals surface area (Å²) in [4.78, 5) is 0.0162. The van der Waals surface area contributed by atoms with Gasteiger partial charge < -0.3 is 15.4 Å². The number of sulfonamides is 1. The molecule has 29 heavy (non-hydrogen) atoms. The number of methoxy groups -OCH3 is 1. The molecule has 0 amide bonds. The molecule has 2 aromatic rings. The Morgan fingerprint density at radius 3 is 2.34 bits per heavy atom. The Kier molecular flexibility index (Phi) is 6.66. The zero-order chi connectivity index (χ0) is 21.0. The fraction of sp³-hybridized carbons (Fsp3) is 0.316. The number of thiocarbonyl (C=S) groups is 1. The van der Waals surface area contributed by atoms with Crippen LogP contribution in [0.25, 0.3) is 0 Å². The van der Waals surface area contributed by atoms with Gasteiger partial charge in [-0.25, -0.2) is 17.2 Å². The molecule has 0 aliphatic carbocycles. The summed E-state index contributed by atoms with van der Waals surface area (Å²) in [5, 5.41) is 5.38. The van der Waals surface area contributed by atoms with Crippen molar-refractivity contribution < 1.29 is 21.9 Å². The Hall–Kier alpha value is -2.30. The zero-order valence-electron chi connectivity index (χ0n) is 15.7. The molecule has 1 fully saturated rings. The highest BCUT2D eigenvalue weighted by molar-refractivity contribution is 7.89. The van der Waals surface area contributed by atoms with Crippen LogP contribution >= 0.6 is 12.2 Å². The Labute approximate surface area is 173 Å². The van der Waals surface area contributed by atoms with E-state index in [-0.39, 0.29) is 21.4 Å². The molecule has 156 valence electrons. The number of nitrogens with one attached hydrogen (secondary N) is 2. The molecule has 1 aliphatic rings. The Morgan fingerprint density at radius 1 is 1.03 bits per heavy atom. The molecule has 0 bridgehead atoms. The Bertz CT molecular complexity index is 1010. The molecule has 1 heterocycles. The molecule has 2 aromatic carbocycles. The van der Waals surface area contributed by atoms with Crippen LogP contribution < -0.4 is 15.4 Å². The molecule has 2 N–H and O–H groups in total. The minimum Gasteiger partial charge on any atom is -0.497 e. The van der Waals surface area contributed by atoms with Gasteiger partial charge >= 0.3 is 0 Å². The smallest absolute Gasteiger partial charge is 0.245 e. The van der Waals surface area contributed by atoms with E-state index in [1.165, 1.54) is 29.6 Å². The van der Waals surface area contributed by atoms with Crippen molar-refractivity contribution in [2.45, 2.75) is 24.2 Å². The lowest BCUT2D eigenvalue weighted by molar-refractivity contribution is 0.346. The fourth-order valence-electron chi connectivity index (χ4n) is 3.06. The van der Waals surface area contributed by atoms with Gasteiger partial charge in [0.2, 0.25) is 10.0 Å². The average Bonchev–Trinajstić information content (AvgIpc) is 2.71. The molecular weight excluding hydrogens is 420 g/mol. The van der Waals surface area contributed by atoms with E-state index in [2.05, 4.69) is 10.6 Å². The van der Waals surface area contributed by atoms with Gasteiger partial charge in [-0.05, 0) is 49.3 Å². The maximum absolute atomic E-state index is 13.9. The van der Waals surface area contributed by atoms with Crippen molar-refractivity contribution in [3.05, 3.63) is 48.0 Å². The van der Waals surface area contributed by atoms with E-state index >= 15 is 0 Å². The predicted octanol–water partition coefficient (Wildman–Crippen LogP) is 3.96. The van der Waals surface area contributed by atoms with Crippen LogP contribution in [-0.4, -0.2) is 38.0 Å². The zero-order valence-corrected chi connectivity index (χ0v) is 17.4. The van der Waals surface area contributed by atoms with Crippen molar-refractivity contribution in [1.82, 2.24) is 4.31 Å². The first kappa shape index (κ1) is 21.4. The van der Waals surface area contributed by atoms with Crippen LogP contribution in [0.15, 0.2) is 41.3 Å². The SMILES string of the molecule is COc1ccc(NC(=S)Nc2ccc(F)cc2F)c(S(=O)(=O)N2CCCCC2)c1. The predicted molar refractivity (Wildman–Crippen MR) is 112 cm³/mol. The normalized spacial score (nSPS) is 15.0. The molecule has 10 heteroatoms. The largest absolute Gasteiger partial charge is 0.497 e. The fourth-order valence-corrected chi connectivity index (χ4v) is 4.96. The van der Waals surface area contributed by atoms with Crippen LogP contribution in [0.5, 0.6) is 5.75 Å². The van der Waals surface area contributed by atoms with Crippen molar-refractivity contribution in [3.8, 4) is 5.75 Å². The average molecular weight is 442 g/mol. The second-order valence-electron chi connectivity index (χ2n) is 6.53. The summed E-state index contributed by atoms with van der Waals surface area (Å²) in [6, 6.07) is 7.58. The molecule has 6 nitrogen and oxygen atoms in total. The summed E-state index contributed by atoms with van der Waals surface area (Å²) in [5.41, 5.74) is 0.203. The highest BCUT2D eigenvalue weighted by atomic mass is 32.2. The second kappa shape index (κ2) is 9.02. The molecule has 1 aliphatic heterocycles. The van der Waals surface area contributed by atoms with Gasteiger partial charge in [-0.1, -0.05) is 6.42 Å². The van der Waals surface area contributed by atoms with E-state index in [1.54, 1.807) is 6.07 Å². The summed E-state index contributed by atoms with van der Waals surface area (Å²) < 4.78 is 59.9. The molecule has 1 saturated heterocycles. The second-order valence-corrected chi connectivity index (χ2v) is 8.84. The van der Waals surface area contributed by atoms with Crippen molar-refractivity contribution >= 4 is 38.7 Å². The number of rotatable bonds is 5. The van der Waals surface area contributed by atoms with Crippen molar-refractivity contribution in [2.24, 2.45) is 0 Å². The maximum atomic E-state index is 13.9. The maximum Gasteiger partial charge on any atom is 0.245 e. The van der Waals surface area contributed by atoms with Crippen LogP contribution in [0.3, 0.4) is 0 Å². The number of ether oxygens (including phenoxy) is 1. The van der Waals surface area contributed by atoms with E-state index in [9.17, 15) is 17.2 Å². The summed E-state index contributed by atoms with van der Waals surface area (Å²) in [5.74, 6) is -1.14. The number of anilines is 2. The van der Waals surface area contributed by atoms with Gasteiger partial charge in [0.25, 0.3) is 0 Å². The van der Waals surface area contributed by atoms with Gasteiger partial charge in [-0.2, -0.15) is 4.31 Å². The summed E-state index contributed by atoms with van der Waals surface area (Å²) in [7, 11) is -2.33. The molecule has 0 aromatic heterocycles. The third-order valence-electron chi connectivity index (χ3n) is 4.55. The minimum atomic E-state index is -3.78. The van der Waals surface area contributed by atoms with Crippen LogP contribution in [0.1, 0.15) is 19.3 Å². The first-order chi connectivity index (χ1) is 13.8. The van der Waals surface area contributed by atoms with Crippen molar-refractivity contribution in [3.63, 3.8) is 0 Å². The number of hydrogen-bond donors (Lipinski definition) is 2. The summed E-state index contributed by atoms with van der Waals surface area (Å²) in [6.45, 7) is 0.894. The van der Waals surface area contributed by atoms with E-state index in [4.69, 9.17) is 17.0 Å². The van der Waals surface area contributed by atoms with E-state index in [0.717, 1.165) is 31.4 Å². The lowest BCUT2D eigenvalue weighted by Crippen LogP contribution is -2.36. The van der Waals surface area contributed by atoms with E-state index in [0.29, 0.717) is 18.8 Å². The van der Waals surface area contributed by atoms with Crippen LogP contribution in [-0.2, 0) is 10.0 Å². The lowest BCUT2D eigenvalue weighted by Gasteiger charge is -2.27. The Morgan fingerprint density at radius 2 is 1.69 bits per heavy atom. The van der Waals surface area contributed by atoms with Crippen LogP contribution in [0.2, 0.25) is 0 Å². The highest BCUT2D eigenvalue weighted by Crippen LogP contribution is 2.30. The quantitative estimate of drug-likeness (QED) is 0.685. The first-order valence-electron chi connectivity index (χ1n) is 9.02. The van der Waals surface area contributed by atoms with Crippen molar-refractivity contribution in [2.75, 3.05) is 30.8 Å². The first-order valence-corrected chi connectivity index (χ1v) is 10.9. The van der Waals surface area contributed by atoms with Gasteiger partial charge in [0.15, 0.2) is 5.11 Å². The standard InChI is InChI=1S/C19H21F2N3O3S2/c1-27-14-6-8-17(18(12-14)29(25,26)24-9-3-2-4-10-24)23-19(28)22-16-7-5-13(20)11-15(16)21/h5-8,11-12H,2-4,9-10H2,1H3,(H2,22,23,28). The van der Waals surface area contributed by atoms with Gasteiger partial charge in [0.05, 0.1) is 18.5 Å². The lowest BCUT2D eigenvalue weighted by atomic mass is 10.2. The van der Waals surface area contributed by atoms with Gasteiger partial charge in [-0.3, -0.25) is 0 Å². The molecule has 0 saturated carbocycles. The monoisotopic (exact) mass is 441 g/mol. The number of halogens is 2. The van der Waals surface area contributed by atoms with E-state index < -0.39 is 21.7 Å². The number of hydrogen-bond acceptors (Lipinski definition) is 4. The van der Waals surface area contributed by atoms with Crippen molar-refractivity contribution in [1.29, 1.82) is 0 Å². The topological polar surface area (TPSA) is 70.7 Å². The molecule has 3 rings (SSSR count). The third-order valence-corrected chi connectivity index (χ3v) is 6.69.